The maximum Gasteiger partial charge on any atom is 0.404 e. The lowest BCUT2D eigenvalue weighted by atomic mass is 9.93. The van der Waals surface area contributed by atoms with E-state index in [2.05, 4.69) is 0 Å². The smallest absolute Gasteiger partial charge is 0.404 e. The van der Waals surface area contributed by atoms with Gasteiger partial charge in [-0.25, -0.2) is 18.2 Å². The fourth-order valence-corrected chi connectivity index (χ4v) is 7.19. The number of hydrogen-bond acceptors (Lipinski definition) is 8. The zero-order chi connectivity index (χ0) is 31.9. The molecule has 11 nitrogen and oxygen atoms in total. The molecule has 2 aliphatic heterocycles. The van der Waals surface area contributed by atoms with Crippen molar-refractivity contribution >= 4 is 39.6 Å². The molecule has 2 aliphatic rings. The van der Waals surface area contributed by atoms with Gasteiger partial charge in [0, 0.05) is 56.3 Å². The lowest BCUT2D eigenvalue weighted by Gasteiger charge is -2.36. The van der Waals surface area contributed by atoms with Crippen molar-refractivity contribution in [2.24, 2.45) is 22.4 Å². The number of amidine groups is 1. The highest BCUT2D eigenvalue weighted by atomic mass is 32.2. The maximum atomic E-state index is 13.6. The summed E-state index contributed by atoms with van der Waals surface area (Å²) in [5.41, 5.74) is 15.8. The van der Waals surface area contributed by atoms with Crippen LogP contribution < -0.4 is 11.5 Å². The van der Waals surface area contributed by atoms with E-state index in [1.807, 2.05) is 43.0 Å². The van der Waals surface area contributed by atoms with Gasteiger partial charge in [0.15, 0.2) is 0 Å². The van der Waals surface area contributed by atoms with Gasteiger partial charge in [-0.3, -0.25) is 4.79 Å². The van der Waals surface area contributed by atoms with Crippen molar-refractivity contribution < 1.29 is 27.9 Å². The number of primary amides is 1. The number of aryl methyl sites for hydroxylation is 1. The Bertz CT molecular complexity index is 1530. The van der Waals surface area contributed by atoms with Gasteiger partial charge >= 0.3 is 6.09 Å². The van der Waals surface area contributed by atoms with E-state index in [9.17, 15) is 23.1 Å². The van der Waals surface area contributed by atoms with Gasteiger partial charge in [-0.2, -0.15) is 4.31 Å². The largest absolute Gasteiger partial charge is 0.450 e. The number of carbonyl (C=O) groups is 2. The number of aliphatic hydroxyl groups excluding tert-OH is 1. The van der Waals surface area contributed by atoms with Crippen LogP contribution in [0.4, 0.5) is 10.5 Å². The summed E-state index contributed by atoms with van der Waals surface area (Å²) in [5, 5.41) is 9.34. The van der Waals surface area contributed by atoms with Crippen molar-refractivity contribution in [2.45, 2.75) is 57.3 Å². The summed E-state index contributed by atoms with van der Waals surface area (Å²) >= 11 is 0. The fraction of sp³-hybridized carbons (Fsp3) is 0.469. The second-order valence-corrected chi connectivity index (χ2v) is 13.3. The maximum absolute atomic E-state index is 13.6. The number of nitrogens with zero attached hydrogens (tertiary/aromatic N) is 3. The molecule has 1 saturated heterocycles. The molecule has 0 bridgehead atoms. The van der Waals surface area contributed by atoms with Gasteiger partial charge in [-0.15, -0.1) is 0 Å². The Morgan fingerprint density at radius 2 is 1.82 bits per heavy atom. The van der Waals surface area contributed by atoms with Crippen LogP contribution in [0.5, 0.6) is 0 Å². The molecule has 2 heterocycles. The van der Waals surface area contributed by atoms with Crippen molar-refractivity contribution in [2.75, 3.05) is 39.4 Å². The van der Waals surface area contributed by atoms with Crippen LogP contribution in [0.2, 0.25) is 0 Å². The molecule has 12 heteroatoms. The minimum absolute atomic E-state index is 0.0424. The Morgan fingerprint density at radius 3 is 2.48 bits per heavy atom. The first-order valence-corrected chi connectivity index (χ1v) is 16.6. The van der Waals surface area contributed by atoms with Crippen LogP contribution in [0.15, 0.2) is 51.9 Å². The van der Waals surface area contributed by atoms with E-state index >= 15 is 0 Å². The lowest BCUT2D eigenvalue weighted by Crippen LogP contribution is -2.51. The quantitative estimate of drug-likeness (QED) is 0.268. The van der Waals surface area contributed by atoms with E-state index in [-0.39, 0.29) is 36.4 Å². The Kier molecular flexibility index (Phi) is 11.2. The first-order chi connectivity index (χ1) is 21.1. The van der Waals surface area contributed by atoms with Gasteiger partial charge in [0.25, 0.3) is 0 Å². The third-order valence-corrected chi connectivity index (χ3v) is 9.65. The molecule has 4 rings (SSSR count). The molecule has 0 radical (unpaired) electrons. The number of aliphatic imine (C=N–C) groups is 1. The Labute approximate surface area is 259 Å². The summed E-state index contributed by atoms with van der Waals surface area (Å²) in [6, 6.07) is 10.6. The van der Waals surface area contributed by atoms with Crippen LogP contribution in [-0.4, -0.2) is 80.0 Å². The first-order valence-electron chi connectivity index (χ1n) is 15.2. The highest BCUT2D eigenvalue weighted by Crippen LogP contribution is 2.37. The zero-order valence-corrected chi connectivity index (χ0v) is 26.3. The van der Waals surface area contributed by atoms with Crippen LogP contribution in [0.1, 0.15) is 57.1 Å². The van der Waals surface area contributed by atoms with Crippen LogP contribution in [0, 0.1) is 5.92 Å². The average molecular weight is 626 g/mol. The molecule has 0 aliphatic carbocycles. The van der Waals surface area contributed by atoms with Crippen molar-refractivity contribution in [3.05, 3.63) is 53.1 Å². The number of rotatable bonds is 14. The van der Waals surface area contributed by atoms with Crippen molar-refractivity contribution in [1.82, 2.24) is 9.21 Å². The summed E-state index contributed by atoms with van der Waals surface area (Å²) < 4.78 is 32.8. The number of hydrogen-bond donors (Lipinski definition) is 3. The number of unbranched alkanes of at least 4 members (excludes halogenated alkanes) is 1. The fourth-order valence-electron chi connectivity index (χ4n) is 5.55. The number of ether oxygens (including phenoxy) is 1. The summed E-state index contributed by atoms with van der Waals surface area (Å²) in [6.45, 7) is 6.12. The standard InChI is InChI=1S/C32H43N5O6S/c1-3-11-36(12-4-2)31(39)26-16-28-24(8-5-6-13-43-32(34)40)14-25(17-29(28)35-30(33)18-26)23-9-7-10-27(15-23)44(41,42)37-19-22(20-37)21-38/h7,9-10,14-17,22,38H,3-6,8,11-13,18-21H2,1-2H3,(H2,33,35)(H2,34,40). The van der Waals surface area contributed by atoms with E-state index in [4.69, 9.17) is 21.2 Å². The number of carbonyl (C=O) groups excluding carboxylic acids is 2. The number of fused-ring (bicyclic) bond motifs is 1. The molecule has 1 fully saturated rings. The third kappa shape index (κ3) is 7.85. The second kappa shape index (κ2) is 14.8. The van der Waals surface area contributed by atoms with Crippen LogP contribution >= 0.6 is 0 Å². The molecule has 5 N–H and O–H groups in total. The molecular weight excluding hydrogens is 582 g/mol. The Morgan fingerprint density at radius 1 is 1.09 bits per heavy atom. The van der Waals surface area contributed by atoms with Crippen molar-refractivity contribution in [3.8, 4) is 11.1 Å². The lowest BCUT2D eigenvalue weighted by molar-refractivity contribution is -0.127. The minimum atomic E-state index is -3.71. The number of sulfonamides is 1. The Balaban J connectivity index is 1.74. The van der Waals surface area contributed by atoms with Crippen LogP contribution in [0.3, 0.4) is 0 Å². The normalized spacial score (nSPS) is 15.4. The van der Waals surface area contributed by atoms with E-state index in [0.29, 0.717) is 68.1 Å². The summed E-state index contributed by atoms with van der Waals surface area (Å²) in [7, 11) is -3.71. The third-order valence-electron chi connectivity index (χ3n) is 7.82. The van der Waals surface area contributed by atoms with Gasteiger partial charge < -0.3 is 26.2 Å². The molecule has 0 saturated carbocycles. The highest BCUT2D eigenvalue weighted by Gasteiger charge is 2.36. The average Bonchev–Trinajstić information content (AvgIpc) is 3.13. The molecular formula is C32H43N5O6S. The molecule has 2 aromatic rings. The Hall–Kier alpha value is -3.74. The monoisotopic (exact) mass is 625 g/mol. The molecule has 0 unspecified atom stereocenters. The molecule has 0 atom stereocenters. The predicted octanol–water partition coefficient (Wildman–Crippen LogP) is 3.81. The van der Waals surface area contributed by atoms with Gasteiger partial charge in [-0.05, 0) is 73.1 Å². The molecule has 0 aromatic heterocycles. The highest BCUT2D eigenvalue weighted by molar-refractivity contribution is 7.89. The van der Waals surface area contributed by atoms with E-state index in [1.165, 1.54) is 4.31 Å². The summed E-state index contributed by atoms with van der Waals surface area (Å²) in [5.74, 6) is 0.219. The van der Waals surface area contributed by atoms with Gasteiger partial charge in [0.2, 0.25) is 15.9 Å². The molecule has 238 valence electrons. The summed E-state index contributed by atoms with van der Waals surface area (Å²) in [4.78, 5) is 31.4. The first kappa shape index (κ1) is 33.2. The van der Waals surface area contributed by atoms with Crippen molar-refractivity contribution in [1.29, 1.82) is 0 Å². The van der Waals surface area contributed by atoms with Crippen LogP contribution in [-0.2, 0) is 26.0 Å². The zero-order valence-electron chi connectivity index (χ0n) is 25.5. The predicted molar refractivity (Wildman–Crippen MR) is 171 cm³/mol. The number of aliphatic hydroxyl groups is 1. The van der Waals surface area contributed by atoms with Crippen LogP contribution in [0.25, 0.3) is 17.2 Å². The van der Waals surface area contributed by atoms with E-state index < -0.39 is 16.1 Å². The topological polar surface area (TPSA) is 169 Å². The summed E-state index contributed by atoms with van der Waals surface area (Å²) in [6.07, 6.45) is 4.83. The second-order valence-electron chi connectivity index (χ2n) is 11.3. The van der Waals surface area contributed by atoms with Gasteiger partial charge in [-0.1, -0.05) is 32.0 Å². The van der Waals surface area contributed by atoms with Crippen molar-refractivity contribution in [3.63, 3.8) is 0 Å². The minimum Gasteiger partial charge on any atom is -0.450 e. The number of benzene rings is 2. The molecule has 44 heavy (non-hydrogen) atoms. The molecule has 2 aromatic carbocycles. The SMILES string of the molecule is CCCN(CCC)C(=O)C1=Cc2c(CCCCOC(N)=O)cc(-c3cccc(S(=O)(=O)N4CC(CO)C4)c3)cc2N=C(N)C1. The van der Waals surface area contributed by atoms with Gasteiger partial charge in [0.05, 0.1) is 17.2 Å². The van der Waals surface area contributed by atoms with Gasteiger partial charge in [0.1, 0.15) is 5.84 Å². The molecule has 2 amide bonds. The van der Waals surface area contributed by atoms with E-state index in [1.54, 1.807) is 18.2 Å². The molecule has 0 spiro atoms. The number of amides is 2. The van der Waals surface area contributed by atoms with E-state index in [0.717, 1.165) is 29.5 Å². The number of nitrogens with two attached hydrogens (primary N) is 2.